The smallest absolute Gasteiger partial charge is 0.273 e. The number of nitrogens with zero attached hydrogens (tertiary/aromatic N) is 5. The van der Waals surface area contributed by atoms with Crippen molar-refractivity contribution in [3.8, 4) is 11.6 Å². The lowest BCUT2D eigenvalue weighted by Crippen LogP contribution is -2.20. The molecule has 0 saturated carbocycles. The van der Waals surface area contributed by atoms with Crippen LogP contribution >= 0.6 is 0 Å². The minimum absolute atomic E-state index is 0.106. The highest BCUT2D eigenvalue weighted by molar-refractivity contribution is 5.91. The maximum Gasteiger partial charge on any atom is 0.273 e. The molecule has 0 spiro atoms. The van der Waals surface area contributed by atoms with Crippen LogP contribution in [0.25, 0.3) is 5.82 Å². The Bertz CT molecular complexity index is 879. The number of carbonyl (C=O) groups excluding carboxylic acids is 1. The summed E-state index contributed by atoms with van der Waals surface area (Å²) in [5.41, 5.74) is 0.377. The molecule has 0 aliphatic carbocycles. The third-order valence-electron chi connectivity index (χ3n) is 3.08. The molecule has 1 amide bonds. The van der Waals surface area contributed by atoms with Crippen molar-refractivity contribution in [2.75, 3.05) is 11.9 Å². The third-order valence-corrected chi connectivity index (χ3v) is 3.08. The Morgan fingerprint density at radius 2 is 2.20 bits per heavy atom. The number of ether oxygens (including phenoxy) is 1. The van der Waals surface area contributed by atoms with E-state index in [1.807, 2.05) is 0 Å². The minimum atomic E-state index is -0.532. The third kappa shape index (κ3) is 4.13. The Kier molecular flexibility index (Phi) is 4.60. The van der Waals surface area contributed by atoms with E-state index < -0.39 is 10.8 Å². The number of amides is 1. The van der Waals surface area contributed by atoms with E-state index in [0.29, 0.717) is 11.5 Å². The Labute approximate surface area is 141 Å². The summed E-state index contributed by atoms with van der Waals surface area (Å²) in [5, 5.41) is 17.3. The summed E-state index contributed by atoms with van der Waals surface area (Å²) < 4.78 is 6.74. The van der Waals surface area contributed by atoms with E-state index in [4.69, 9.17) is 4.74 Å². The number of nitro groups is 1. The second kappa shape index (κ2) is 7.17. The van der Waals surface area contributed by atoms with Crippen LogP contribution in [0.15, 0.2) is 55.2 Å². The van der Waals surface area contributed by atoms with Gasteiger partial charge in [-0.1, -0.05) is 6.07 Å². The first-order chi connectivity index (χ1) is 12.1. The fourth-order valence-electron chi connectivity index (χ4n) is 1.95. The number of rotatable bonds is 6. The molecule has 1 aromatic carbocycles. The van der Waals surface area contributed by atoms with Crippen molar-refractivity contribution < 1.29 is 14.5 Å². The number of carbonyl (C=O) groups is 1. The summed E-state index contributed by atoms with van der Waals surface area (Å²) in [6.45, 7) is -0.286. The molecule has 0 fully saturated rings. The number of anilines is 1. The summed E-state index contributed by atoms with van der Waals surface area (Å²) in [4.78, 5) is 30.0. The fourth-order valence-corrected chi connectivity index (χ4v) is 1.95. The van der Waals surface area contributed by atoms with Gasteiger partial charge in [-0.25, -0.2) is 14.6 Å². The normalized spacial score (nSPS) is 10.2. The van der Waals surface area contributed by atoms with E-state index in [-0.39, 0.29) is 18.0 Å². The Balaban J connectivity index is 1.56. The van der Waals surface area contributed by atoms with E-state index in [2.05, 4.69) is 20.4 Å². The maximum absolute atomic E-state index is 11.9. The minimum Gasteiger partial charge on any atom is -0.484 e. The number of nitrogens with one attached hydrogen (secondary N) is 1. The molecule has 0 aliphatic rings. The first kappa shape index (κ1) is 16.1. The number of benzene rings is 1. The van der Waals surface area contributed by atoms with Crippen molar-refractivity contribution in [2.24, 2.45) is 0 Å². The first-order valence-corrected chi connectivity index (χ1v) is 7.10. The van der Waals surface area contributed by atoms with E-state index >= 15 is 0 Å². The van der Waals surface area contributed by atoms with Gasteiger partial charge in [0.15, 0.2) is 12.4 Å². The quantitative estimate of drug-likeness (QED) is 0.533. The number of non-ortho nitro benzene ring substituents is 1. The van der Waals surface area contributed by atoms with Gasteiger partial charge in [0.25, 0.3) is 11.6 Å². The lowest BCUT2D eigenvalue weighted by Gasteiger charge is -2.07. The molecule has 10 heteroatoms. The largest absolute Gasteiger partial charge is 0.484 e. The molecule has 0 bridgehead atoms. The number of pyridine rings is 1. The van der Waals surface area contributed by atoms with Crippen LogP contribution in [0.3, 0.4) is 0 Å². The van der Waals surface area contributed by atoms with Gasteiger partial charge in [0.1, 0.15) is 18.4 Å². The van der Waals surface area contributed by atoms with Gasteiger partial charge in [0, 0.05) is 6.07 Å². The molecule has 0 saturated heterocycles. The summed E-state index contributed by atoms with van der Waals surface area (Å²) in [5.74, 6) is 0.383. The average Bonchev–Trinajstić information content (AvgIpc) is 3.15. The topological polar surface area (TPSA) is 125 Å². The highest BCUT2D eigenvalue weighted by Gasteiger charge is 2.09. The lowest BCUT2D eigenvalue weighted by atomic mass is 10.3. The standard InChI is InChI=1S/C15H12N6O4/c22-15(8-25-13-3-1-2-12(6-13)21(23)24)19-11-4-5-14(17-7-11)20-10-16-9-18-20/h1-7,9-10H,8H2,(H,19,22). The van der Waals surface area contributed by atoms with Crippen LogP contribution in [0.4, 0.5) is 11.4 Å². The zero-order chi connectivity index (χ0) is 17.6. The fraction of sp³-hybridized carbons (Fsp3) is 0.0667. The maximum atomic E-state index is 11.9. The first-order valence-electron chi connectivity index (χ1n) is 7.10. The Morgan fingerprint density at radius 1 is 1.32 bits per heavy atom. The molecule has 25 heavy (non-hydrogen) atoms. The number of aromatic nitrogens is 4. The number of hydrogen-bond donors (Lipinski definition) is 1. The predicted octanol–water partition coefficient (Wildman–Crippen LogP) is 1.59. The van der Waals surface area contributed by atoms with Crippen LogP contribution in [0.1, 0.15) is 0 Å². The van der Waals surface area contributed by atoms with Gasteiger partial charge in [0.05, 0.1) is 22.9 Å². The van der Waals surface area contributed by atoms with Crippen molar-refractivity contribution in [1.82, 2.24) is 19.7 Å². The molecule has 126 valence electrons. The molecule has 2 aromatic heterocycles. The monoisotopic (exact) mass is 340 g/mol. The van der Waals surface area contributed by atoms with Crippen LogP contribution in [-0.4, -0.2) is 37.2 Å². The second-order valence-electron chi connectivity index (χ2n) is 4.84. The van der Waals surface area contributed by atoms with Crippen LogP contribution in [0, 0.1) is 10.1 Å². The van der Waals surface area contributed by atoms with Gasteiger partial charge in [-0.2, -0.15) is 5.10 Å². The number of hydrogen-bond acceptors (Lipinski definition) is 7. The van der Waals surface area contributed by atoms with Crippen molar-refractivity contribution >= 4 is 17.3 Å². The van der Waals surface area contributed by atoms with Crippen molar-refractivity contribution in [2.45, 2.75) is 0 Å². The highest BCUT2D eigenvalue weighted by atomic mass is 16.6. The molecule has 3 aromatic rings. The molecule has 0 unspecified atom stereocenters. The Hall–Kier alpha value is -3.82. The molecular formula is C15H12N6O4. The SMILES string of the molecule is O=C(COc1cccc([N+](=O)[O-])c1)Nc1ccc(-n2cncn2)nc1. The molecule has 1 N–H and O–H groups in total. The summed E-state index contributed by atoms with van der Waals surface area (Å²) >= 11 is 0. The van der Waals surface area contributed by atoms with E-state index in [9.17, 15) is 14.9 Å². The van der Waals surface area contributed by atoms with Crippen LogP contribution in [-0.2, 0) is 4.79 Å². The molecule has 3 rings (SSSR count). The lowest BCUT2D eigenvalue weighted by molar-refractivity contribution is -0.384. The molecule has 0 atom stereocenters. The van der Waals surface area contributed by atoms with Crippen molar-refractivity contribution in [3.05, 3.63) is 65.4 Å². The van der Waals surface area contributed by atoms with Crippen molar-refractivity contribution in [1.29, 1.82) is 0 Å². The van der Waals surface area contributed by atoms with Crippen molar-refractivity contribution in [3.63, 3.8) is 0 Å². The average molecular weight is 340 g/mol. The van der Waals surface area contributed by atoms with E-state index in [0.717, 1.165) is 0 Å². The summed E-state index contributed by atoms with van der Waals surface area (Å²) in [6.07, 6.45) is 4.37. The van der Waals surface area contributed by atoms with Gasteiger partial charge in [-0.05, 0) is 18.2 Å². The van der Waals surface area contributed by atoms with Gasteiger partial charge in [-0.3, -0.25) is 14.9 Å². The molecule has 0 radical (unpaired) electrons. The zero-order valence-electron chi connectivity index (χ0n) is 12.8. The molecular weight excluding hydrogens is 328 g/mol. The predicted molar refractivity (Wildman–Crippen MR) is 86.4 cm³/mol. The van der Waals surface area contributed by atoms with Gasteiger partial charge in [-0.15, -0.1) is 0 Å². The summed E-state index contributed by atoms with van der Waals surface area (Å²) in [7, 11) is 0. The van der Waals surface area contributed by atoms with Gasteiger partial charge >= 0.3 is 0 Å². The van der Waals surface area contributed by atoms with Crippen LogP contribution < -0.4 is 10.1 Å². The molecule has 10 nitrogen and oxygen atoms in total. The number of nitro benzene ring substituents is 1. The zero-order valence-corrected chi connectivity index (χ0v) is 12.8. The molecule has 0 aliphatic heterocycles. The van der Waals surface area contributed by atoms with Crippen LogP contribution in [0.2, 0.25) is 0 Å². The van der Waals surface area contributed by atoms with E-state index in [1.54, 1.807) is 12.1 Å². The van der Waals surface area contributed by atoms with Gasteiger partial charge < -0.3 is 10.1 Å². The van der Waals surface area contributed by atoms with Gasteiger partial charge in [0.2, 0.25) is 0 Å². The summed E-state index contributed by atoms with van der Waals surface area (Å²) in [6, 6.07) is 8.95. The molecule has 2 heterocycles. The highest BCUT2D eigenvalue weighted by Crippen LogP contribution is 2.19. The Morgan fingerprint density at radius 3 is 2.88 bits per heavy atom. The second-order valence-corrected chi connectivity index (χ2v) is 4.84. The van der Waals surface area contributed by atoms with Crippen LogP contribution in [0.5, 0.6) is 5.75 Å². The van der Waals surface area contributed by atoms with E-state index in [1.165, 1.54) is 47.8 Å².